The van der Waals surface area contributed by atoms with Gasteiger partial charge in [-0.2, -0.15) is 10.2 Å². The molecular weight excluding hydrogens is 334 g/mol. The molecule has 1 N–H and O–H groups in total. The first-order valence-electron chi connectivity index (χ1n) is 7.67. The third-order valence-corrected chi connectivity index (χ3v) is 4.36. The quantitative estimate of drug-likeness (QED) is 0.522. The minimum absolute atomic E-state index is 0.0772. The van der Waals surface area contributed by atoms with Crippen LogP contribution >= 0.6 is 11.8 Å². The number of benzene rings is 2. The summed E-state index contributed by atoms with van der Waals surface area (Å²) in [6, 6.07) is 16.8. The van der Waals surface area contributed by atoms with Gasteiger partial charge >= 0.3 is 0 Å². The molecule has 0 aliphatic carbocycles. The molecule has 2 aromatic carbocycles. The van der Waals surface area contributed by atoms with Crippen molar-refractivity contribution in [2.45, 2.75) is 5.16 Å². The third kappa shape index (κ3) is 5.02. The maximum Gasteiger partial charge on any atom is 0.234 e. The number of hydrogen-bond donors (Lipinski definition) is 1. The zero-order valence-corrected chi connectivity index (χ0v) is 14.5. The van der Waals surface area contributed by atoms with E-state index in [1.807, 2.05) is 72.4 Å². The molecule has 0 unspecified atom stereocenters. The fourth-order valence-corrected chi connectivity index (χ4v) is 2.77. The smallest absolute Gasteiger partial charge is 0.234 e. The lowest BCUT2D eigenvalue weighted by Gasteiger charge is -2.05. The number of amides is 1. The molecule has 0 aliphatic rings. The highest BCUT2D eigenvalue weighted by Gasteiger charge is 2.06. The number of carbonyl (C=O) groups is 1. The van der Waals surface area contributed by atoms with Crippen LogP contribution in [0.2, 0.25) is 0 Å². The highest BCUT2D eigenvalue weighted by atomic mass is 32.2. The summed E-state index contributed by atoms with van der Waals surface area (Å²) in [5.74, 6) is 0.229. The van der Waals surface area contributed by atoms with Crippen molar-refractivity contribution < 1.29 is 4.79 Å². The molecule has 126 valence electrons. The van der Waals surface area contributed by atoms with Crippen LogP contribution < -0.4 is 5.32 Å². The van der Waals surface area contributed by atoms with Gasteiger partial charge in [-0.3, -0.25) is 4.79 Å². The molecule has 0 saturated heterocycles. The van der Waals surface area contributed by atoms with Gasteiger partial charge in [0.2, 0.25) is 5.91 Å². The number of carbonyl (C=O) groups excluding carboxylic acids is 1. The fourth-order valence-electron chi connectivity index (χ4n) is 2.04. The van der Waals surface area contributed by atoms with Crippen LogP contribution in [0.25, 0.3) is 0 Å². The van der Waals surface area contributed by atoms with Crippen LogP contribution in [0.5, 0.6) is 0 Å². The Morgan fingerprint density at radius 2 is 1.76 bits per heavy atom. The summed E-state index contributed by atoms with van der Waals surface area (Å²) in [6.07, 6.45) is 3.56. The topological polar surface area (TPSA) is 71.6 Å². The van der Waals surface area contributed by atoms with Crippen LogP contribution in [0.3, 0.4) is 0 Å². The number of aryl methyl sites for hydroxylation is 1. The van der Waals surface area contributed by atoms with Crippen LogP contribution in [0.1, 0.15) is 0 Å². The summed E-state index contributed by atoms with van der Waals surface area (Å²) in [6.45, 7) is 0. The van der Waals surface area contributed by atoms with Crippen LogP contribution in [-0.4, -0.2) is 21.2 Å². The van der Waals surface area contributed by atoms with E-state index in [0.29, 0.717) is 5.75 Å². The van der Waals surface area contributed by atoms with Crippen LogP contribution in [-0.2, 0) is 11.8 Å². The number of hydrogen-bond acceptors (Lipinski definition) is 5. The van der Waals surface area contributed by atoms with Crippen molar-refractivity contribution >= 4 is 34.7 Å². The maximum absolute atomic E-state index is 12.0. The van der Waals surface area contributed by atoms with Gasteiger partial charge in [0.05, 0.1) is 17.1 Å². The van der Waals surface area contributed by atoms with E-state index in [1.165, 1.54) is 11.8 Å². The Morgan fingerprint density at radius 3 is 2.40 bits per heavy atom. The molecule has 6 nitrogen and oxygen atoms in total. The largest absolute Gasteiger partial charge is 0.329 e. The maximum atomic E-state index is 12.0. The lowest BCUT2D eigenvalue weighted by atomic mass is 10.3. The first kappa shape index (κ1) is 16.9. The van der Waals surface area contributed by atoms with Crippen LogP contribution in [0.15, 0.2) is 82.4 Å². The van der Waals surface area contributed by atoms with E-state index in [-0.39, 0.29) is 5.91 Å². The Kier molecular flexibility index (Phi) is 5.58. The van der Waals surface area contributed by atoms with Gasteiger partial charge in [-0.05, 0) is 36.4 Å². The standard InChI is InChI=1S/C18H17N5OS/c1-23-12-11-19-18(23)25-13-17(24)20-14-7-9-16(10-8-14)22-21-15-5-3-2-4-6-15/h2-12H,13H2,1H3,(H,20,24). The zero-order valence-electron chi connectivity index (χ0n) is 13.7. The number of anilines is 1. The average molecular weight is 351 g/mol. The number of rotatable bonds is 6. The summed E-state index contributed by atoms with van der Waals surface area (Å²) >= 11 is 1.40. The molecule has 3 aromatic rings. The van der Waals surface area contributed by atoms with Crippen molar-refractivity contribution in [3.05, 3.63) is 67.0 Å². The molecule has 0 bridgehead atoms. The lowest BCUT2D eigenvalue weighted by molar-refractivity contribution is -0.113. The van der Waals surface area contributed by atoms with Crippen LogP contribution in [0, 0.1) is 0 Å². The second kappa shape index (κ2) is 8.25. The fraction of sp³-hybridized carbons (Fsp3) is 0.111. The third-order valence-electron chi connectivity index (χ3n) is 3.30. The predicted octanol–water partition coefficient (Wildman–Crippen LogP) is 4.57. The molecule has 1 amide bonds. The second-order valence-corrected chi connectivity index (χ2v) is 6.18. The van der Waals surface area contributed by atoms with E-state index in [9.17, 15) is 4.79 Å². The first-order chi connectivity index (χ1) is 12.2. The van der Waals surface area contributed by atoms with Gasteiger partial charge in [0.25, 0.3) is 0 Å². The van der Waals surface area contributed by atoms with E-state index in [4.69, 9.17) is 0 Å². The van der Waals surface area contributed by atoms with E-state index in [0.717, 1.165) is 22.2 Å². The predicted molar refractivity (Wildman–Crippen MR) is 99.6 cm³/mol. The molecule has 0 atom stereocenters. The number of nitrogens with zero attached hydrogens (tertiary/aromatic N) is 4. The summed E-state index contributed by atoms with van der Waals surface area (Å²) in [4.78, 5) is 16.2. The van der Waals surface area contributed by atoms with Crippen molar-refractivity contribution in [2.75, 3.05) is 11.1 Å². The molecule has 3 rings (SSSR count). The number of nitrogens with one attached hydrogen (secondary N) is 1. The second-order valence-electron chi connectivity index (χ2n) is 5.24. The average Bonchev–Trinajstić information content (AvgIpc) is 3.05. The highest BCUT2D eigenvalue weighted by molar-refractivity contribution is 7.99. The monoisotopic (exact) mass is 351 g/mol. The molecule has 25 heavy (non-hydrogen) atoms. The van der Waals surface area contributed by atoms with Crippen molar-refractivity contribution in [2.24, 2.45) is 17.3 Å². The van der Waals surface area contributed by atoms with Crippen molar-refractivity contribution in [3.63, 3.8) is 0 Å². The minimum atomic E-state index is -0.0772. The van der Waals surface area contributed by atoms with Crippen LogP contribution in [0.4, 0.5) is 17.1 Å². The summed E-state index contributed by atoms with van der Waals surface area (Å²) in [5.41, 5.74) is 2.25. The van der Waals surface area contributed by atoms with Gasteiger partial charge in [-0.25, -0.2) is 4.98 Å². The molecule has 0 saturated carbocycles. The van der Waals surface area contributed by atoms with Crippen molar-refractivity contribution in [1.29, 1.82) is 0 Å². The Labute approximate surface area is 150 Å². The molecule has 0 radical (unpaired) electrons. The summed E-state index contributed by atoms with van der Waals surface area (Å²) in [7, 11) is 1.90. The van der Waals surface area contributed by atoms with E-state index >= 15 is 0 Å². The number of thioether (sulfide) groups is 1. The summed E-state index contributed by atoms with van der Waals surface area (Å²) < 4.78 is 1.88. The van der Waals surface area contributed by atoms with Gasteiger partial charge in [0, 0.05) is 25.1 Å². The van der Waals surface area contributed by atoms with Crippen molar-refractivity contribution in [1.82, 2.24) is 9.55 Å². The first-order valence-corrected chi connectivity index (χ1v) is 8.66. The van der Waals surface area contributed by atoms with Gasteiger partial charge in [0.15, 0.2) is 5.16 Å². The van der Waals surface area contributed by atoms with Gasteiger partial charge in [-0.1, -0.05) is 30.0 Å². The Morgan fingerprint density at radius 1 is 1.08 bits per heavy atom. The Balaban J connectivity index is 1.52. The number of aromatic nitrogens is 2. The number of imidazole rings is 1. The molecule has 7 heteroatoms. The molecule has 0 fully saturated rings. The Bertz CT molecular complexity index is 859. The molecule has 0 spiro atoms. The minimum Gasteiger partial charge on any atom is -0.329 e. The van der Waals surface area contributed by atoms with E-state index in [1.54, 1.807) is 6.20 Å². The SMILES string of the molecule is Cn1ccnc1SCC(=O)Nc1ccc(N=Nc2ccccc2)cc1. The van der Waals surface area contributed by atoms with E-state index in [2.05, 4.69) is 20.5 Å². The highest BCUT2D eigenvalue weighted by Crippen LogP contribution is 2.20. The molecule has 1 aromatic heterocycles. The van der Waals surface area contributed by atoms with Gasteiger partial charge < -0.3 is 9.88 Å². The van der Waals surface area contributed by atoms with Gasteiger partial charge in [0.1, 0.15) is 0 Å². The molecule has 0 aliphatic heterocycles. The summed E-state index contributed by atoms with van der Waals surface area (Å²) in [5, 5.41) is 12.0. The molecular formula is C18H17N5OS. The number of azo groups is 1. The van der Waals surface area contributed by atoms with E-state index < -0.39 is 0 Å². The Hall–Kier alpha value is -2.93. The molecule has 1 heterocycles. The van der Waals surface area contributed by atoms with Crippen molar-refractivity contribution in [3.8, 4) is 0 Å². The van der Waals surface area contributed by atoms with Gasteiger partial charge in [-0.15, -0.1) is 0 Å². The zero-order chi connectivity index (χ0) is 17.5. The normalized spacial score (nSPS) is 10.9. The lowest BCUT2D eigenvalue weighted by Crippen LogP contribution is -2.14.